The van der Waals surface area contributed by atoms with Gasteiger partial charge in [0.05, 0.1) is 18.9 Å². The van der Waals surface area contributed by atoms with E-state index in [2.05, 4.69) is 4.72 Å². The van der Waals surface area contributed by atoms with Crippen LogP contribution in [0.2, 0.25) is 0 Å². The zero-order valence-electron chi connectivity index (χ0n) is 10.4. The van der Waals surface area contributed by atoms with Gasteiger partial charge in [0.25, 0.3) is 0 Å². The summed E-state index contributed by atoms with van der Waals surface area (Å²) in [6.07, 6.45) is 0. The summed E-state index contributed by atoms with van der Waals surface area (Å²) in [7, 11) is -3.85. The van der Waals surface area contributed by atoms with Gasteiger partial charge in [-0.2, -0.15) is 12.7 Å². The average molecular weight is 302 g/mol. The summed E-state index contributed by atoms with van der Waals surface area (Å²) in [5.41, 5.74) is -0.538. The molecule has 3 N–H and O–H groups in total. The van der Waals surface area contributed by atoms with Crippen LogP contribution in [0.5, 0.6) is 5.75 Å². The molecule has 0 aromatic heterocycles. The predicted octanol–water partition coefficient (Wildman–Crippen LogP) is 0.0793. The fraction of sp³-hybridized carbons (Fsp3) is 0.364. The summed E-state index contributed by atoms with van der Waals surface area (Å²) in [6.45, 7) is 0.994. The quantitative estimate of drug-likeness (QED) is 0.678. The highest BCUT2D eigenvalue weighted by Gasteiger charge is 2.25. The minimum atomic E-state index is -3.85. The number of nitrogens with one attached hydrogen (secondary N) is 1. The number of carbonyl (C=O) groups is 1. The van der Waals surface area contributed by atoms with Crippen LogP contribution in [0.25, 0.3) is 0 Å². The smallest absolute Gasteiger partial charge is 0.339 e. The van der Waals surface area contributed by atoms with E-state index in [1.165, 1.54) is 22.5 Å². The molecule has 0 amide bonds. The molecule has 0 aliphatic carbocycles. The monoisotopic (exact) mass is 302 g/mol. The van der Waals surface area contributed by atoms with E-state index >= 15 is 0 Å². The lowest BCUT2D eigenvalue weighted by atomic mass is 10.2. The van der Waals surface area contributed by atoms with Crippen molar-refractivity contribution in [2.45, 2.75) is 0 Å². The number of rotatable bonds is 4. The Labute approximate surface area is 115 Å². The predicted molar refractivity (Wildman–Crippen MR) is 70.0 cm³/mol. The van der Waals surface area contributed by atoms with Crippen LogP contribution in [0.15, 0.2) is 18.2 Å². The summed E-state index contributed by atoms with van der Waals surface area (Å²) < 4.78 is 32.6. The van der Waals surface area contributed by atoms with Crippen molar-refractivity contribution in [2.75, 3.05) is 31.0 Å². The third kappa shape index (κ3) is 3.00. The molecule has 0 bridgehead atoms. The van der Waals surface area contributed by atoms with Gasteiger partial charge in [-0.25, -0.2) is 4.79 Å². The Morgan fingerprint density at radius 3 is 2.55 bits per heavy atom. The second-order valence-electron chi connectivity index (χ2n) is 4.13. The molecule has 1 aromatic carbocycles. The molecule has 1 aromatic rings. The molecule has 1 aliphatic rings. The van der Waals surface area contributed by atoms with Crippen LogP contribution in [0, 0.1) is 0 Å². The van der Waals surface area contributed by atoms with Crippen molar-refractivity contribution in [3.8, 4) is 5.75 Å². The number of aromatic hydroxyl groups is 1. The molecule has 0 unspecified atom stereocenters. The van der Waals surface area contributed by atoms with Crippen molar-refractivity contribution < 1.29 is 28.2 Å². The molecule has 1 saturated heterocycles. The standard InChI is InChI=1S/C11H14N2O6S/c14-10-8(11(15)16)2-1-3-9(10)12-20(17,18)13-4-6-19-7-5-13/h1-3,12,14H,4-7H2,(H,15,16). The molecule has 1 fully saturated rings. The van der Waals surface area contributed by atoms with Gasteiger partial charge in [-0.3, -0.25) is 4.72 Å². The molecule has 2 rings (SSSR count). The van der Waals surface area contributed by atoms with Gasteiger partial charge in [-0.05, 0) is 12.1 Å². The van der Waals surface area contributed by atoms with E-state index in [4.69, 9.17) is 9.84 Å². The third-order valence-electron chi connectivity index (χ3n) is 2.82. The number of para-hydroxylation sites is 1. The highest BCUT2D eigenvalue weighted by molar-refractivity contribution is 7.90. The first-order valence-corrected chi connectivity index (χ1v) is 7.27. The zero-order valence-corrected chi connectivity index (χ0v) is 11.3. The molecule has 110 valence electrons. The van der Waals surface area contributed by atoms with Gasteiger partial charge in [-0.15, -0.1) is 0 Å². The molecule has 0 spiro atoms. The van der Waals surface area contributed by atoms with Crippen molar-refractivity contribution in [1.29, 1.82) is 0 Å². The van der Waals surface area contributed by atoms with Crippen LogP contribution in [-0.2, 0) is 14.9 Å². The first-order valence-electron chi connectivity index (χ1n) is 5.83. The van der Waals surface area contributed by atoms with Crippen molar-refractivity contribution in [1.82, 2.24) is 4.31 Å². The van der Waals surface area contributed by atoms with E-state index in [0.717, 1.165) is 0 Å². The molecule has 1 aliphatic heterocycles. The molecule has 9 heteroatoms. The fourth-order valence-electron chi connectivity index (χ4n) is 1.79. The molecule has 0 saturated carbocycles. The lowest BCUT2D eigenvalue weighted by molar-refractivity contribution is 0.0694. The van der Waals surface area contributed by atoms with Crippen molar-refractivity contribution in [3.05, 3.63) is 23.8 Å². The number of morpholine rings is 1. The maximum absolute atomic E-state index is 12.1. The largest absolute Gasteiger partial charge is 0.505 e. The zero-order chi connectivity index (χ0) is 14.8. The average Bonchev–Trinajstić information content (AvgIpc) is 2.41. The van der Waals surface area contributed by atoms with Crippen LogP contribution >= 0.6 is 0 Å². The Bertz CT molecular complexity index is 609. The third-order valence-corrected chi connectivity index (χ3v) is 4.34. The first kappa shape index (κ1) is 14.6. The van der Waals surface area contributed by atoms with Crippen LogP contribution in [-0.4, -0.2) is 55.2 Å². The van der Waals surface area contributed by atoms with Crippen molar-refractivity contribution >= 4 is 21.9 Å². The number of aromatic carboxylic acids is 1. The van der Waals surface area contributed by atoms with Crippen LogP contribution in [0.4, 0.5) is 5.69 Å². The number of hydrogen-bond acceptors (Lipinski definition) is 5. The number of ether oxygens (including phenoxy) is 1. The van der Waals surface area contributed by atoms with E-state index in [0.29, 0.717) is 13.2 Å². The van der Waals surface area contributed by atoms with Gasteiger partial charge >= 0.3 is 16.2 Å². The number of nitrogens with zero attached hydrogens (tertiary/aromatic N) is 1. The van der Waals surface area contributed by atoms with Crippen molar-refractivity contribution in [2.24, 2.45) is 0 Å². The number of anilines is 1. The van der Waals surface area contributed by atoms with Crippen LogP contribution in [0.3, 0.4) is 0 Å². The van der Waals surface area contributed by atoms with E-state index in [1.54, 1.807) is 0 Å². The first-order chi connectivity index (χ1) is 9.42. The highest BCUT2D eigenvalue weighted by Crippen LogP contribution is 2.28. The number of carboxylic acids is 1. The molecule has 1 heterocycles. The van der Waals surface area contributed by atoms with E-state index in [-0.39, 0.29) is 24.3 Å². The summed E-state index contributed by atoms with van der Waals surface area (Å²) in [5, 5.41) is 18.6. The Morgan fingerprint density at radius 2 is 1.95 bits per heavy atom. The minimum absolute atomic E-state index is 0.170. The summed E-state index contributed by atoms with van der Waals surface area (Å²) in [4.78, 5) is 10.9. The minimum Gasteiger partial charge on any atom is -0.505 e. The van der Waals surface area contributed by atoms with Crippen LogP contribution in [0.1, 0.15) is 10.4 Å². The summed E-state index contributed by atoms with van der Waals surface area (Å²) in [6, 6.07) is 3.82. The van der Waals surface area contributed by atoms with Crippen molar-refractivity contribution in [3.63, 3.8) is 0 Å². The number of phenols is 1. The van der Waals surface area contributed by atoms with Gasteiger partial charge in [0, 0.05) is 13.1 Å². The number of benzene rings is 1. The van der Waals surface area contributed by atoms with E-state index in [9.17, 15) is 18.3 Å². The second kappa shape index (κ2) is 5.65. The highest BCUT2D eigenvalue weighted by atomic mass is 32.2. The molecule has 8 nitrogen and oxygen atoms in total. The maximum atomic E-state index is 12.1. The Kier molecular flexibility index (Phi) is 4.12. The van der Waals surface area contributed by atoms with Crippen LogP contribution < -0.4 is 4.72 Å². The normalized spacial score (nSPS) is 16.8. The summed E-state index contributed by atoms with van der Waals surface area (Å²) in [5.74, 6) is -1.95. The van der Waals surface area contributed by atoms with E-state index < -0.39 is 21.9 Å². The lowest BCUT2D eigenvalue weighted by Crippen LogP contribution is -2.43. The van der Waals surface area contributed by atoms with Gasteiger partial charge < -0.3 is 14.9 Å². The Hall–Kier alpha value is -1.84. The summed E-state index contributed by atoms with van der Waals surface area (Å²) >= 11 is 0. The molecule has 0 radical (unpaired) electrons. The Morgan fingerprint density at radius 1 is 1.30 bits per heavy atom. The maximum Gasteiger partial charge on any atom is 0.339 e. The van der Waals surface area contributed by atoms with Gasteiger partial charge in [0.2, 0.25) is 0 Å². The van der Waals surface area contributed by atoms with Gasteiger partial charge in [0.15, 0.2) is 5.75 Å². The van der Waals surface area contributed by atoms with E-state index in [1.807, 2.05) is 0 Å². The molecular weight excluding hydrogens is 288 g/mol. The SMILES string of the molecule is O=C(O)c1cccc(NS(=O)(=O)N2CCOCC2)c1O. The number of carboxylic acid groups (broad SMARTS) is 1. The number of hydrogen-bond donors (Lipinski definition) is 3. The fourth-order valence-corrected chi connectivity index (χ4v) is 2.99. The lowest BCUT2D eigenvalue weighted by Gasteiger charge is -2.26. The van der Waals surface area contributed by atoms with Gasteiger partial charge in [-0.1, -0.05) is 6.07 Å². The second-order valence-corrected chi connectivity index (χ2v) is 5.80. The topological polar surface area (TPSA) is 116 Å². The van der Waals surface area contributed by atoms with Gasteiger partial charge in [0.1, 0.15) is 5.56 Å². The Balaban J connectivity index is 2.25. The molecule has 20 heavy (non-hydrogen) atoms. The molecule has 0 atom stereocenters. The molecular formula is C11H14N2O6S.